The van der Waals surface area contributed by atoms with Crippen LogP contribution in [0.4, 0.5) is 5.69 Å². The SMILES string of the molecule is CCOc1ccccc1N(CC(=O)N(Cc1ccc(Br)cc1)C(Cc1ccccc1)C(=O)NC(C)(C)C)S(C)(=O)=O. The van der Waals surface area contributed by atoms with Crippen molar-refractivity contribution in [3.63, 3.8) is 0 Å². The van der Waals surface area contributed by atoms with Gasteiger partial charge in [-0.3, -0.25) is 13.9 Å². The second-order valence-electron chi connectivity index (χ2n) is 10.8. The van der Waals surface area contributed by atoms with Crippen LogP contribution in [-0.2, 0) is 32.6 Å². The summed E-state index contributed by atoms with van der Waals surface area (Å²) < 4.78 is 33.7. The molecule has 3 rings (SSSR count). The number of ether oxygens (including phenoxy) is 1. The molecule has 0 aliphatic carbocycles. The summed E-state index contributed by atoms with van der Waals surface area (Å²) in [6.45, 7) is 7.35. The van der Waals surface area contributed by atoms with Gasteiger partial charge in [-0.2, -0.15) is 0 Å². The molecular formula is C31H38BrN3O5S. The van der Waals surface area contributed by atoms with E-state index in [1.165, 1.54) is 4.90 Å². The molecule has 1 atom stereocenters. The molecule has 10 heteroatoms. The Balaban J connectivity index is 2.09. The number of hydrogen-bond acceptors (Lipinski definition) is 5. The van der Waals surface area contributed by atoms with E-state index in [2.05, 4.69) is 21.2 Å². The van der Waals surface area contributed by atoms with Gasteiger partial charge in [-0.1, -0.05) is 70.5 Å². The van der Waals surface area contributed by atoms with Gasteiger partial charge in [0.1, 0.15) is 18.3 Å². The van der Waals surface area contributed by atoms with Gasteiger partial charge < -0.3 is 15.0 Å². The lowest BCUT2D eigenvalue weighted by atomic mass is 10.0. The van der Waals surface area contributed by atoms with Crippen LogP contribution >= 0.6 is 15.9 Å². The lowest BCUT2D eigenvalue weighted by Crippen LogP contribution is -2.56. The van der Waals surface area contributed by atoms with Crippen molar-refractivity contribution in [3.05, 3.63) is 94.5 Å². The molecule has 1 unspecified atom stereocenters. The first-order chi connectivity index (χ1) is 19.3. The molecule has 41 heavy (non-hydrogen) atoms. The average molecular weight is 645 g/mol. The minimum absolute atomic E-state index is 0.103. The van der Waals surface area contributed by atoms with Gasteiger partial charge in [0.25, 0.3) is 0 Å². The van der Waals surface area contributed by atoms with Crippen molar-refractivity contribution in [2.45, 2.75) is 52.2 Å². The number of amides is 2. The Kier molecular flexibility index (Phi) is 11.0. The number of nitrogens with one attached hydrogen (secondary N) is 1. The molecule has 0 saturated carbocycles. The van der Waals surface area contributed by atoms with Crippen LogP contribution in [-0.4, -0.2) is 56.1 Å². The van der Waals surface area contributed by atoms with Crippen molar-refractivity contribution in [1.29, 1.82) is 0 Å². The van der Waals surface area contributed by atoms with Gasteiger partial charge in [0.15, 0.2) is 0 Å². The molecule has 0 spiro atoms. The molecule has 0 aromatic heterocycles. The van der Waals surface area contributed by atoms with Crippen molar-refractivity contribution in [1.82, 2.24) is 10.2 Å². The summed E-state index contributed by atoms with van der Waals surface area (Å²) in [5, 5.41) is 3.02. The third-order valence-corrected chi connectivity index (χ3v) is 7.80. The predicted molar refractivity (Wildman–Crippen MR) is 166 cm³/mol. The van der Waals surface area contributed by atoms with Gasteiger partial charge in [-0.15, -0.1) is 0 Å². The number of nitrogens with zero attached hydrogens (tertiary/aromatic N) is 2. The van der Waals surface area contributed by atoms with Crippen molar-refractivity contribution in [2.24, 2.45) is 0 Å². The van der Waals surface area contributed by atoms with Crippen molar-refractivity contribution < 1.29 is 22.7 Å². The van der Waals surface area contributed by atoms with Crippen molar-refractivity contribution >= 4 is 43.5 Å². The van der Waals surface area contributed by atoms with Crippen LogP contribution < -0.4 is 14.4 Å². The summed E-state index contributed by atoms with van der Waals surface area (Å²) in [6, 6.07) is 22.7. The van der Waals surface area contributed by atoms with Crippen LogP contribution in [0.5, 0.6) is 5.75 Å². The summed E-state index contributed by atoms with van der Waals surface area (Å²) in [4.78, 5) is 29.5. The quantitative estimate of drug-likeness (QED) is 0.294. The van der Waals surface area contributed by atoms with E-state index in [1.807, 2.05) is 75.4 Å². The highest BCUT2D eigenvalue weighted by molar-refractivity contribution is 9.10. The molecule has 0 bridgehead atoms. The number of hydrogen-bond donors (Lipinski definition) is 1. The minimum Gasteiger partial charge on any atom is -0.492 e. The van der Waals surface area contributed by atoms with Gasteiger partial charge in [0.05, 0.1) is 18.6 Å². The van der Waals surface area contributed by atoms with Crippen molar-refractivity contribution in [2.75, 3.05) is 23.7 Å². The zero-order valence-electron chi connectivity index (χ0n) is 24.1. The summed E-state index contributed by atoms with van der Waals surface area (Å²) in [7, 11) is -3.90. The molecule has 3 aromatic carbocycles. The van der Waals surface area contributed by atoms with Crippen LogP contribution in [0.1, 0.15) is 38.8 Å². The van der Waals surface area contributed by atoms with Crippen LogP contribution in [0.25, 0.3) is 0 Å². The largest absolute Gasteiger partial charge is 0.492 e. The summed E-state index contributed by atoms with van der Waals surface area (Å²) in [5.41, 5.74) is 1.38. The van der Waals surface area contributed by atoms with E-state index in [0.29, 0.717) is 12.4 Å². The second kappa shape index (κ2) is 14.0. The van der Waals surface area contributed by atoms with E-state index in [4.69, 9.17) is 4.74 Å². The predicted octanol–water partition coefficient (Wildman–Crippen LogP) is 5.17. The number of sulfonamides is 1. The topological polar surface area (TPSA) is 96.0 Å². The Morgan fingerprint density at radius 2 is 1.54 bits per heavy atom. The molecule has 1 N–H and O–H groups in total. The number of anilines is 1. The van der Waals surface area contributed by atoms with E-state index in [0.717, 1.165) is 26.2 Å². The lowest BCUT2D eigenvalue weighted by Gasteiger charge is -2.35. The van der Waals surface area contributed by atoms with E-state index in [9.17, 15) is 18.0 Å². The molecule has 0 heterocycles. The fourth-order valence-electron chi connectivity index (χ4n) is 4.33. The highest BCUT2D eigenvalue weighted by Gasteiger charge is 2.34. The fourth-order valence-corrected chi connectivity index (χ4v) is 5.45. The van der Waals surface area contributed by atoms with Gasteiger partial charge >= 0.3 is 0 Å². The van der Waals surface area contributed by atoms with Gasteiger partial charge in [0, 0.05) is 23.0 Å². The number of halogens is 1. The van der Waals surface area contributed by atoms with Crippen LogP contribution in [0, 0.1) is 0 Å². The number of para-hydroxylation sites is 2. The molecule has 3 aromatic rings. The first-order valence-electron chi connectivity index (χ1n) is 13.4. The molecular weight excluding hydrogens is 606 g/mol. The first kappa shape index (κ1) is 32.1. The Morgan fingerprint density at radius 3 is 2.12 bits per heavy atom. The number of carbonyl (C=O) groups excluding carboxylic acids is 2. The number of benzene rings is 3. The molecule has 2 amide bonds. The zero-order chi connectivity index (χ0) is 30.2. The maximum atomic E-state index is 14.2. The third kappa shape index (κ3) is 9.60. The number of rotatable bonds is 12. The van der Waals surface area contributed by atoms with Gasteiger partial charge in [0.2, 0.25) is 21.8 Å². The normalized spacial score (nSPS) is 12.3. The minimum atomic E-state index is -3.90. The number of carbonyl (C=O) groups is 2. The molecule has 0 radical (unpaired) electrons. The van der Waals surface area contributed by atoms with Crippen molar-refractivity contribution in [3.8, 4) is 5.75 Å². The maximum Gasteiger partial charge on any atom is 0.244 e. The van der Waals surface area contributed by atoms with Crippen LogP contribution in [0.2, 0.25) is 0 Å². The van der Waals surface area contributed by atoms with E-state index in [1.54, 1.807) is 31.2 Å². The molecule has 0 aliphatic heterocycles. The second-order valence-corrected chi connectivity index (χ2v) is 13.6. The van der Waals surface area contributed by atoms with Crippen LogP contribution in [0.15, 0.2) is 83.3 Å². The monoisotopic (exact) mass is 643 g/mol. The van der Waals surface area contributed by atoms with E-state index < -0.39 is 34.1 Å². The average Bonchev–Trinajstić information content (AvgIpc) is 2.90. The molecule has 0 aliphatic rings. The molecule has 0 fully saturated rings. The lowest BCUT2D eigenvalue weighted by molar-refractivity contribution is -0.140. The zero-order valence-corrected chi connectivity index (χ0v) is 26.5. The smallest absolute Gasteiger partial charge is 0.244 e. The molecule has 220 valence electrons. The molecule has 0 saturated heterocycles. The molecule has 8 nitrogen and oxygen atoms in total. The standard InChI is InChI=1S/C31H38BrN3O5S/c1-6-40-28-15-11-10-14-26(28)35(41(5,38)39)22-29(36)34(21-24-16-18-25(32)19-17-24)27(30(37)33-31(2,3)4)20-23-12-8-7-9-13-23/h7-19,27H,6,20-22H2,1-5H3,(H,33,37). The Bertz CT molecular complexity index is 1420. The summed E-state index contributed by atoms with van der Waals surface area (Å²) in [6.07, 6.45) is 1.30. The van der Waals surface area contributed by atoms with E-state index in [-0.39, 0.29) is 24.6 Å². The first-order valence-corrected chi connectivity index (χ1v) is 16.0. The maximum absolute atomic E-state index is 14.2. The summed E-state index contributed by atoms with van der Waals surface area (Å²) >= 11 is 3.44. The van der Waals surface area contributed by atoms with E-state index >= 15 is 0 Å². The Hall–Kier alpha value is -3.37. The fraction of sp³-hybridized carbons (Fsp3) is 0.355. The van der Waals surface area contributed by atoms with Gasteiger partial charge in [-0.25, -0.2) is 8.42 Å². The highest BCUT2D eigenvalue weighted by atomic mass is 79.9. The highest BCUT2D eigenvalue weighted by Crippen LogP contribution is 2.30. The Morgan fingerprint density at radius 1 is 0.927 bits per heavy atom. The van der Waals surface area contributed by atoms with Crippen LogP contribution in [0.3, 0.4) is 0 Å². The third-order valence-electron chi connectivity index (χ3n) is 6.15. The summed E-state index contributed by atoms with van der Waals surface area (Å²) in [5.74, 6) is -0.499. The van der Waals surface area contributed by atoms with Gasteiger partial charge in [-0.05, 0) is 63.1 Å². The Labute approximate surface area is 251 Å².